The third kappa shape index (κ3) is 3.38. The maximum absolute atomic E-state index is 10.4. The molecule has 142 valence electrons. The zero-order valence-electron chi connectivity index (χ0n) is 15.4. The van der Waals surface area contributed by atoms with Gasteiger partial charge in [-0.15, -0.1) is 10.2 Å². The molecule has 2 aliphatic heterocycles. The predicted octanol–water partition coefficient (Wildman–Crippen LogP) is 2.51. The lowest BCUT2D eigenvalue weighted by Crippen LogP contribution is -2.46. The van der Waals surface area contributed by atoms with Gasteiger partial charge in [0.15, 0.2) is 5.82 Å². The molecule has 1 unspecified atom stereocenters. The number of hydrogen-bond donors (Lipinski definition) is 2. The lowest BCUT2D eigenvalue weighted by molar-refractivity contribution is 0.283. The molecule has 2 aliphatic rings. The summed E-state index contributed by atoms with van der Waals surface area (Å²) in [6, 6.07) is 2.74. The van der Waals surface area contributed by atoms with Gasteiger partial charge in [0.1, 0.15) is 23.6 Å². The van der Waals surface area contributed by atoms with Crippen LogP contribution in [0.5, 0.6) is 5.75 Å². The normalized spacial score (nSPS) is 23.1. The fraction of sp³-hybridized carbons (Fsp3) is 0.350. The number of aromatic nitrogens is 6. The summed E-state index contributed by atoms with van der Waals surface area (Å²) < 4.78 is 1.72. The smallest absolute Gasteiger partial charge is 0.174 e. The Hall–Kier alpha value is -3.13. The Bertz CT molecular complexity index is 984. The van der Waals surface area contributed by atoms with E-state index in [1.165, 1.54) is 24.8 Å². The monoisotopic (exact) mass is 375 g/mol. The van der Waals surface area contributed by atoms with Crippen molar-refractivity contribution in [3.05, 3.63) is 48.6 Å². The number of piperidine rings is 2. The van der Waals surface area contributed by atoms with Crippen molar-refractivity contribution >= 4 is 6.08 Å². The predicted molar refractivity (Wildman–Crippen MR) is 104 cm³/mol. The van der Waals surface area contributed by atoms with Crippen LogP contribution in [0.2, 0.25) is 0 Å². The van der Waals surface area contributed by atoms with Crippen molar-refractivity contribution in [2.24, 2.45) is 0 Å². The van der Waals surface area contributed by atoms with Crippen LogP contribution in [-0.4, -0.2) is 46.9 Å². The average Bonchev–Trinajstić information content (AvgIpc) is 3.23. The molecule has 5 heterocycles. The maximum Gasteiger partial charge on any atom is 0.174 e. The summed E-state index contributed by atoms with van der Waals surface area (Å²) in [7, 11) is 0. The van der Waals surface area contributed by atoms with E-state index in [0.717, 1.165) is 12.8 Å². The van der Waals surface area contributed by atoms with Gasteiger partial charge in [-0.05, 0) is 31.8 Å². The topological polar surface area (TPSA) is 102 Å². The summed E-state index contributed by atoms with van der Waals surface area (Å²) in [5.41, 5.74) is 2.38. The van der Waals surface area contributed by atoms with Gasteiger partial charge in [-0.1, -0.05) is 12.0 Å². The van der Waals surface area contributed by atoms with E-state index in [9.17, 15) is 5.11 Å². The van der Waals surface area contributed by atoms with E-state index in [4.69, 9.17) is 0 Å². The molecule has 0 aromatic carbocycles. The molecule has 0 aliphatic carbocycles. The molecule has 8 nitrogen and oxygen atoms in total. The van der Waals surface area contributed by atoms with E-state index in [2.05, 4.69) is 36.5 Å². The number of pyridine rings is 1. The first-order chi connectivity index (χ1) is 13.7. The summed E-state index contributed by atoms with van der Waals surface area (Å²) in [4.78, 5) is 12.8. The van der Waals surface area contributed by atoms with E-state index in [1.807, 2.05) is 0 Å². The Kier molecular flexibility index (Phi) is 4.32. The molecule has 2 fully saturated rings. The summed E-state index contributed by atoms with van der Waals surface area (Å²) in [5, 5.41) is 22.6. The minimum atomic E-state index is 0.0760. The van der Waals surface area contributed by atoms with E-state index < -0.39 is 0 Å². The minimum absolute atomic E-state index is 0.0760. The number of aromatic hydroxyl groups is 1. The Morgan fingerprint density at radius 3 is 2.64 bits per heavy atom. The van der Waals surface area contributed by atoms with Gasteiger partial charge in [0.25, 0.3) is 0 Å². The lowest BCUT2D eigenvalue weighted by atomic mass is 9.84. The summed E-state index contributed by atoms with van der Waals surface area (Å²) in [6.45, 7) is 0. The van der Waals surface area contributed by atoms with Gasteiger partial charge in [-0.25, -0.2) is 15.0 Å². The van der Waals surface area contributed by atoms with Gasteiger partial charge >= 0.3 is 0 Å². The van der Waals surface area contributed by atoms with Crippen LogP contribution in [0.25, 0.3) is 23.2 Å². The van der Waals surface area contributed by atoms with Crippen LogP contribution in [-0.2, 0) is 0 Å². The second-order valence-electron chi connectivity index (χ2n) is 7.43. The van der Waals surface area contributed by atoms with E-state index in [1.54, 1.807) is 41.7 Å². The lowest BCUT2D eigenvalue weighted by Gasteiger charge is -2.37. The highest BCUT2D eigenvalue weighted by atomic mass is 16.3. The molecule has 2 bridgehead atoms. The molecule has 0 saturated carbocycles. The van der Waals surface area contributed by atoms with Crippen molar-refractivity contribution in [2.75, 3.05) is 0 Å². The summed E-state index contributed by atoms with van der Waals surface area (Å²) in [6.07, 6.45) is 16.2. The maximum atomic E-state index is 10.4. The third-order valence-electron chi connectivity index (χ3n) is 5.42. The number of imidazole rings is 1. The second kappa shape index (κ2) is 7.12. The summed E-state index contributed by atoms with van der Waals surface area (Å²) in [5.74, 6) is 1.27. The third-order valence-corrected chi connectivity index (χ3v) is 5.42. The molecular weight excluding hydrogens is 354 g/mol. The number of rotatable bonds is 3. The van der Waals surface area contributed by atoms with Crippen molar-refractivity contribution in [3.63, 3.8) is 0 Å². The Balaban J connectivity index is 1.36. The number of nitrogens with one attached hydrogen (secondary N) is 1. The van der Waals surface area contributed by atoms with Gasteiger partial charge in [0, 0.05) is 36.7 Å². The van der Waals surface area contributed by atoms with Crippen LogP contribution in [0.15, 0.2) is 42.8 Å². The number of fused-ring (bicyclic) bond motifs is 2. The molecule has 2 saturated heterocycles. The van der Waals surface area contributed by atoms with Crippen molar-refractivity contribution in [1.82, 2.24) is 35.0 Å². The second-order valence-corrected chi connectivity index (χ2v) is 7.43. The van der Waals surface area contributed by atoms with Crippen molar-refractivity contribution in [2.45, 2.75) is 44.2 Å². The van der Waals surface area contributed by atoms with Crippen molar-refractivity contribution < 1.29 is 5.11 Å². The molecule has 28 heavy (non-hydrogen) atoms. The quantitative estimate of drug-likeness (QED) is 0.725. The van der Waals surface area contributed by atoms with Crippen molar-refractivity contribution in [1.29, 1.82) is 0 Å². The van der Waals surface area contributed by atoms with Crippen LogP contribution in [0.3, 0.4) is 0 Å². The van der Waals surface area contributed by atoms with Gasteiger partial charge in [0.2, 0.25) is 0 Å². The molecule has 5 rings (SSSR count). The highest BCUT2D eigenvalue weighted by molar-refractivity contribution is 5.66. The van der Waals surface area contributed by atoms with Crippen LogP contribution < -0.4 is 5.32 Å². The molecule has 8 heteroatoms. The van der Waals surface area contributed by atoms with Crippen LogP contribution >= 0.6 is 0 Å². The fourth-order valence-electron chi connectivity index (χ4n) is 4.09. The zero-order chi connectivity index (χ0) is 18.9. The first-order valence-corrected chi connectivity index (χ1v) is 9.57. The summed E-state index contributed by atoms with van der Waals surface area (Å²) >= 11 is 0. The van der Waals surface area contributed by atoms with Gasteiger partial charge in [-0.2, -0.15) is 0 Å². The van der Waals surface area contributed by atoms with Crippen LogP contribution in [0.4, 0.5) is 0 Å². The first-order valence-electron chi connectivity index (χ1n) is 9.57. The first kappa shape index (κ1) is 17.0. The van der Waals surface area contributed by atoms with E-state index in [-0.39, 0.29) is 5.75 Å². The highest BCUT2D eigenvalue weighted by Gasteiger charge is 2.27. The van der Waals surface area contributed by atoms with Crippen LogP contribution in [0.1, 0.15) is 37.9 Å². The molecule has 3 aromatic heterocycles. The Morgan fingerprint density at radius 2 is 1.96 bits per heavy atom. The van der Waals surface area contributed by atoms with Crippen molar-refractivity contribution in [3.8, 4) is 22.8 Å². The van der Waals surface area contributed by atoms with Gasteiger partial charge in [-0.3, -0.25) is 4.57 Å². The molecule has 2 N–H and O–H groups in total. The van der Waals surface area contributed by atoms with Crippen LogP contribution in [0, 0.1) is 0 Å². The largest absolute Gasteiger partial charge is 0.507 e. The molecule has 2 atom stereocenters. The molecule has 0 radical (unpaired) electrons. The van der Waals surface area contributed by atoms with E-state index in [0.29, 0.717) is 35.0 Å². The number of hydrogen-bond acceptors (Lipinski definition) is 7. The fourth-order valence-corrected chi connectivity index (χ4v) is 4.09. The average molecular weight is 375 g/mol. The number of nitrogens with zero attached hydrogens (tertiary/aromatic N) is 6. The Labute approximate surface area is 162 Å². The van der Waals surface area contributed by atoms with E-state index >= 15 is 0 Å². The molecule has 3 aromatic rings. The molecule has 0 amide bonds. The SMILES string of the molecule is Oc1cc(-n2ccnc2)ncc1-c1cnc(/C=C2/CC3CCC[C@@H](C2)N3)nn1. The zero-order valence-corrected chi connectivity index (χ0v) is 15.4. The Morgan fingerprint density at radius 1 is 1.11 bits per heavy atom. The molecular formula is C20H21N7O. The molecule has 0 spiro atoms. The highest BCUT2D eigenvalue weighted by Crippen LogP contribution is 2.30. The van der Waals surface area contributed by atoms with Gasteiger partial charge in [0.05, 0.1) is 11.8 Å². The van der Waals surface area contributed by atoms with Gasteiger partial charge < -0.3 is 10.4 Å². The minimum Gasteiger partial charge on any atom is -0.507 e. The standard InChI is InChI=1S/C20H21N7O/c28-18-9-20(27-5-4-21-12-27)23-10-16(18)17-11-22-19(26-25-17)8-13-6-14-2-1-3-15(7-13)24-14/h4-5,8-12,14-15,24H,1-3,6-7H2,(H,23,28)/b13-8-/t14?,15-/m0/s1.